The average Bonchev–Trinajstić information content (AvgIpc) is 2.59. The standard InChI is InChI=1S/C20H16I4O4/c1-9(13-5-15(21)19(16(22)6-13)27-11(3)25)10(2)14-7-17(23)20(18(24)8-14)28-12(4)26/h5-8,10H,1H2,2-4H3. The molecule has 2 aromatic carbocycles. The number of hydrogen-bond donors (Lipinski definition) is 0. The predicted octanol–water partition coefficient (Wildman–Crippen LogP) is 6.77. The molecule has 28 heavy (non-hydrogen) atoms. The van der Waals surface area contributed by atoms with Crippen molar-refractivity contribution < 1.29 is 19.1 Å². The summed E-state index contributed by atoms with van der Waals surface area (Å²) in [5, 5.41) is 0. The molecule has 2 aromatic rings. The van der Waals surface area contributed by atoms with E-state index in [0.29, 0.717) is 11.5 Å². The van der Waals surface area contributed by atoms with E-state index >= 15 is 0 Å². The Hall–Kier alpha value is 0.0400. The Labute approximate surface area is 218 Å². The van der Waals surface area contributed by atoms with Gasteiger partial charge in [-0.25, -0.2) is 0 Å². The van der Waals surface area contributed by atoms with Gasteiger partial charge in [0.2, 0.25) is 0 Å². The topological polar surface area (TPSA) is 52.6 Å². The highest BCUT2D eigenvalue weighted by atomic mass is 127. The summed E-state index contributed by atoms with van der Waals surface area (Å²) in [6.45, 7) is 9.18. The number of hydrogen-bond acceptors (Lipinski definition) is 4. The summed E-state index contributed by atoms with van der Waals surface area (Å²) in [5.74, 6) is 0.545. The molecule has 0 aromatic heterocycles. The SMILES string of the molecule is C=C(c1cc(I)c(OC(C)=O)c(I)c1)C(C)c1cc(I)c(OC(C)=O)c(I)c1. The lowest BCUT2D eigenvalue weighted by Crippen LogP contribution is -2.07. The van der Waals surface area contributed by atoms with Gasteiger partial charge >= 0.3 is 11.9 Å². The van der Waals surface area contributed by atoms with Crippen molar-refractivity contribution in [3.8, 4) is 11.5 Å². The van der Waals surface area contributed by atoms with Gasteiger partial charge in [0.05, 0.1) is 14.3 Å². The smallest absolute Gasteiger partial charge is 0.308 e. The zero-order valence-electron chi connectivity index (χ0n) is 15.2. The predicted molar refractivity (Wildman–Crippen MR) is 144 cm³/mol. The molecule has 0 radical (unpaired) electrons. The average molecular weight is 828 g/mol. The van der Waals surface area contributed by atoms with Gasteiger partial charge in [-0.15, -0.1) is 0 Å². The fourth-order valence-electron chi connectivity index (χ4n) is 2.51. The molecule has 0 spiro atoms. The van der Waals surface area contributed by atoms with Crippen LogP contribution in [-0.2, 0) is 9.59 Å². The maximum Gasteiger partial charge on any atom is 0.308 e. The van der Waals surface area contributed by atoms with Gasteiger partial charge < -0.3 is 9.47 Å². The first-order valence-corrected chi connectivity index (χ1v) is 12.4. The largest absolute Gasteiger partial charge is 0.424 e. The summed E-state index contributed by atoms with van der Waals surface area (Å²) < 4.78 is 14.1. The molecule has 0 heterocycles. The third-order valence-electron chi connectivity index (χ3n) is 3.90. The van der Waals surface area contributed by atoms with E-state index in [2.05, 4.69) is 104 Å². The number of benzene rings is 2. The number of carbonyl (C=O) groups excluding carboxylic acids is 2. The zero-order chi connectivity index (χ0) is 21.2. The highest BCUT2D eigenvalue weighted by Crippen LogP contribution is 2.38. The van der Waals surface area contributed by atoms with Crippen LogP contribution in [0.4, 0.5) is 0 Å². The van der Waals surface area contributed by atoms with Gasteiger partial charge in [-0.1, -0.05) is 13.5 Å². The second kappa shape index (κ2) is 10.4. The van der Waals surface area contributed by atoms with Crippen LogP contribution in [0.3, 0.4) is 0 Å². The second-order valence-electron chi connectivity index (χ2n) is 6.02. The van der Waals surface area contributed by atoms with Crippen LogP contribution in [0.2, 0.25) is 0 Å². The molecule has 0 bridgehead atoms. The summed E-state index contributed by atoms with van der Waals surface area (Å²) in [7, 11) is 0. The summed E-state index contributed by atoms with van der Waals surface area (Å²) in [6, 6.07) is 7.98. The molecule has 0 amide bonds. The molecule has 1 unspecified atom stereocenters. The molecule has 0 aliphatic carbocycles. The van der Waals surface area contributed by atoms with Crippen LogP contribution in [0.25, 0.3) is 5.57 Å². The molecule has 0 aliphatic rings. The van der Waals surface area contributed by atoms with Gasteiger partial charge in [-0.05, 0) is 131 Å². The fourth-order valence-corrected chi connectivity index (χ4v) is 6.53. The number of carbonyl (C=O) groups is 2. The number of rotatable bonds is 5. The van der Waals surface area contributed by atoms with Gasteiger partial charge in [-0.2, -0.15) is 0 Å². The van der Waals surface area contributed by atoms with Gasteiger partial charge in [0.15, 0.2) is 11.5 Å². The maximum atomic E-state index is 11.3. The number of allylic oxidation sites excluding steroid dienone is 1. The van der Waals surface area contributed by atoms with Crippen molar-refractivity contribution in [1.82, 2.24) is 0 Å². The number of halogens is 4. The lowest BCUT2D eigenvalue weighted by molar-refractivity contribution is -0.132. The fraction of sp³-hybridized carbons (Fsp3) is 0.200. The lowest BCUT2D eigenvalue weighted by atomic mass is 9.89. The van der Waals surface area contributed by atoms with Crippen LogP contribution in [0, 0.1) is 14.3 Å². The van der Waals surface area contributed by atoms with E-state index in [1.807, 2.05) is 24.3 Å². The molecular weight excluding hydrogens is 812 g/mol. The first-order valence-electron chi connectivity index (χ1n) is 8.05. The highest BCUT2D eigenvalue weighted by molar-refractivity contribution is 14.1. The molecule has 0 saturated carbocycles. The normalized spacial score (nSPS) is 11.7. The van der Waals surface area contributed by atoms with Gasteiger partial charge in [0.25, 0.3) is 0 Å². The van der Waals surface area contributed by atoms with Crippen LogP contribution >= 0.6 is 90.4 Å². The Bertz CT molecular complexity index is 923. The molecular formula is C20H16I4O4. The molecule has 0 aliphatic heterocycles. The molecule has 1 atom stereocenters. The molecule has 0 N–H and O–H groups in total. The highest BCUT2D eigenvalue weighted by Gasteiger charge is 2.19. The Balaban J connectivity index is 2.37. The third-order valence-corrected chi connectivity index (χ3v) is 7.11. The minimum absolute atomic E-state index is 0.0552. The summed E-state index contributed by atoms with van der Waals surface area (Å²) in [4.78, 5) is 22.6. The van der Waals surface area contributed by atoms with Crippen molar-refractivity contribution in [1.29, 1.82) is 0 Å². The van der Waals surface area contributed by atoms with Crippen LogP contribution in [0.15, 0.2) is 30.8 Å². The molecule has 148 valence electrons. The number of esters is 2. The Morgan fingerprint density at radius 1 is 0.821 bits per heavy atom. The Morgan fingerprint density at radius 3 is 1.54 bits per heavy atom. The molecule has 0 fully saturated rings. The first-order chi connectivity index (χ1) is 13.0. The van der Waals surface area contributed by atoms with E-state index in [4.69, 9.17) is 9.47 Å². The maximum absolute atomic E-state index is 11.3. The summed E-state index contributed by atoms with van der Waals surface area (Å²) in [5.41, 5.74) is 3.03. The number of ether oxygens (including phenoxy) is 2. The van der Waals surface area contributed by atoms with Crippen molar-refractivity contribution in [3.63, 3.8) is 0 Å². The van der Waals surface area contributed by atoms with Gasteiger partial charge in [0.1, 0.15) is 0 Å². The van der Waals surface area contributed by atoms with E-state index in [1.165, 1.54) is 13.8 Å². The quantitative estimate of drug-likeness (QED) is 0.190. The van der Waals surface area contributed by atoms with E-state index in [1.54, 1.807) is 0 Å². The molecule has 0 saturated heterocycles. The molecule has 8 heteroatoms. The minimum Gasteiger partial charge on any atom is -0.424 e. The van der Waals surface area contributed by atoms with Crippen molar-refractivity contribution in [2.24, 2.45) is 0 Å². The van der Waals surface area contributed by atoms with Crippen LogP contribution in [-0.4, -0.2) is 11.9 Å². The molecule has 4 nitrogen and oxygen atoms in total. The van der Waals surface area contributed by atoms with Crippen LogP contribution in [0.1, 0.15) is 37.8 Å². The minimum atomic E-state index is -0.340. The zero-order valence-corrected chi connectivity index (χ0v) is 23.9. The summed E-state index contributed by atoms with van der Waals surface area (Å²) >= 11 is 8.70. The van der Waals surface area contributed by atoms with Crippen LogP contribution in [0.5, 0.6) is 11.5 Å². The van der Waals surface area contributed by atoms with Crippen molar-refractivity contribution in [3.05, 3.63) is 56.3 Å². The van der Waals surface area contributed by atoms with Crippen molar-refractivity contribution >= 4 is 108 Å². The third kappa shape index (κ3) is 6.03. The van der Waals surface area contributed by atoms with E-state index in [0.717, 1.165) is 31.0 Å². The van der Waals surface area contributed by atoms with E-state index in [9.17, 15) is 9.59 Å². The molecule has 2 rings (SSSR count). The van der Waals surface area contributed by atoms with Crippen LogP contribution < -0.4 is 9.47 Å². The second-order valence-corrected chi connectivity index (χ2v) is 10.7. The summed E-state index contributed by atoms with van der Waals surface area (Å²) in [6.07, 6.45) is 0. The van der Waals surface area contributed by atoms with E-state index in [-0.39, 0.29) is 17.9 Å². The Morgan fingerprint density at radius 2 is 1.18 bits per heavy atom. The van der Waals surface area contributed by atoms with Crippen molar-refractivity contribution in [2.45, 2.75) is 26.7 Å². The monoisotopic (exact) mass is 828 g/mol. The lowest BCUT2D eigenvalue weighted by Gasteiger charge is -2.19. The first kappa shape index (κ1) is 24.3. The van der Waals surface area contributed by atoms with Gasteiger partial charge in [-0.3, -0.25) is 9.59 Å². The van der Waals surface area contributed by atoms with E-state index < -0.39 is 0 Å². The van der Waals surface area contributed by atoms with Gasteiger partial charge in [0, 0.05) is 19.8 Å². The van der Waals surface area contributed by atoms with Crippen molar-refractivity contribution in [2.75, 3.05) is 0 Å². The Kier molecular flexibility index (Phi) is 9.01.